The van der Waals surface area contributed by atoms with Gasteiger partial charge in [0.2, 0.25) is 0 Å². The normalized spacial score (nSPS) is 40.4. The second kappa shape index (κ2) is 4.95. The largest absolute Gasteiger partial charge is 0.392 e. The molecule has 3 atom stereocenters. The van der Waals surface area contributed by atoms with Gasteiger partial charge in [-0.3, -0.25) is 0 Å². The number of hydrogen-bond acceptors (Lipinski definition) is 3. The van der Waals surface area contributed by atoms with Crippen molar-refractivity contribution >= 4 is 8.32 Å². The van der Waals surface area contributed by atoms with Crippen molar-refractivity contribution in [3.8, 4) is 0 Å². The van der Waals surface area contributed by atoms with Crippen molar-refractivity contribution in [2.45, 2.75) is 57.2 Å². The fourth-order valence-corrected chi connectivity index (χ4v) is 5.60. The maximum Gasteiger partial charge on any atom is 0.193 e. The van der Waals surface area contributed by atoms with Gasteiger partial charge in [-0.05, 0) is 31.5 Å². The molecule has 3 unspecified atom stereocenters. The molecule has 88 valence electrons. The van der Waals surface area contributed by atoms with E-state index in [0.717, 1.165) is 19.6 Å². The molecule has 15 heavy (non-hydrogen) atoms. The van der Waals surface area contributed by atoms with E-state index in [9.17, 15) is 0 Å². The molecule has 0 bridgehead atoms. The summed E-state index contributed by atoms with van der Waals surface area (Å²) in [6.45, 7) is 6.18. The molecule has 2 heterocycles. The molecule has 3 nitrogen and oxygen atoms in total. The average Bonchev–Trinajstić information content (AvgIpc) is 2.98. The minimum Gasteiger partial charge on any atom is -0.392 e. The molecule has 0 aromatic heterocycles. The van der Waals surface area contributed by atoms with Gasteiger partial charge in [0.1, 0.15) is 12.4 Å². The molecule has 2 saturated heterocycles. The highest BCUT2D eigenvalue weighted by Gasteiger charge is 2.36. The topological polar surface area (TPSA) is 31.0 Å². The molecule has 2 fully saturated rings. The summed E-state index contributed by atoms with van der Waals surface area (Å²) in [5.41, 5.74) is 0. The van der Waals surface area contributed by atoms with Gasteiger partial charge in [0.05, 0.1) is 13.2 Å². The first kappa shape index (κ1) is 11.6. The maximum atomic E-state index is 6.15. The third kappa shape index (κ3) is 3.55. The Balaban J connectivity index is 1.74. The summed E-state index contributed by atoms with van der Waals surface area (Å²) in [6, 6.07) is 2.58. The summed E-state index contributed by atoms with van der Waals surface area (Å²) in [4.78, 5) is 0. The number of rotatable bonds is 5. The van der Waals surface area contributed by atoms with Gasteiger partial charge in [-0.2, -0.15) is 0 Å². The monoisotopic (exact) mass is 230 g/mol. The lowest BCUT2D eigenvalue weighted by atomic mass is 10.3. The molecular formula is C11H22O3Si. The molecular weight excluding hydrogens is 208 g/mol. The zero-order valence-electron chi connectivity index (χ0n) is 9.83. The van der Waals surface area contributed by atoms with Crippen molar-refractivity contribution in [3.05, 3.63) is 0 Å². The van der Waals surface area contributed by atoms with Crippen LogP contribution in [0.25, 0.3) is 0 Å². The molecule has 4 heteroatoms. The third-order valence-electron chi connectivity index (χ3n) is 3.21. The van der Waals surface area contributed by atoms with E-state index in [-0.39, 0.29) is 6.29 Å². The quantitative estimate of drug-likeness (QED) is 0.537. The first-order valence-electron chi connectivity index (χ1n) is 6.13. The minimum absolute atomic E-state index is 0.0613. The fraction of sp³-hybridized carbons (Fsp3) is 1.00. The van der Waals surface area contributed by atoms with Gasteiger partial charge in [0, 0.05) is 0 Å². The van der Waals surface area contributed by atoms with E-state index in [1.807, 2.05) is 0 Å². The molecule has 0 saturated carbocycles. The molecule has 0 spiro atoms. The van der Waals surface area contributed by atoms with Crippen LogP contribution in [0, 0.1) is 0 Å². The van der Waals surface area contributed by atoms with Crippen LogP contribution in [0.4, 0.5) is 0 Å². The maximum absolute atomic E-state index is 6.15. The lowest BCUT2D eigenvalue weighted by Crippen LogP contribution is -2.43. The Morgan fingerprint density at radius 2 is 2.27 bits per heavy atom. The van der Waals surface area contributed by atoms with Gasteiger partial charge in [-0.1, -0.05) is 13.3 Å². The first-order valence-corrected chi connectivity index (χ1v) is 8.95. The Bertz CT molecular complexity index is 204. The minimum atomic E-state index is -1.42. The van der Waals surface area contributed by atoms with Crippen LogP contribution < -0.4 is 0 Å². The van der Waals surface area contributed by atoms with Crippen molar-refractivity contribution in [1.29, 1.82) is 0 Å². The van der Waals surface area contributed by atoms with Gasteiger partial charge in [0.15, 0.2) is 8.32 Å². The van der Waals surface area contributed by atoms with E-state index >= 15 is 0 Å². The highest BCUT2D eigenvalue weighted by atomic mass is 28.4. The van der Waals surface area contributed by atoms with E-state index in [2.05, 4.69) is 13.5 Å². The number of ether oxygens (including phenoxy) is 2. The average molecular weight is 230 g/mol. The Morgan fingerprint density at radius 3 is 2.93 bits per heavy atom. The summed E-state index contributed by atoms with van der Waals surface area (Å²) in [6.07, 6.45) is 4.00. The number of hydrogen-bond donors (Lipinski definition) is 0. The molecule has 0 aromatic rings. The summed E-state index contributed by atoms with van der Waals surface area (Å²) in [5, 5.41) is 0. The van der Waals surface area contributed by atoms with E-state index in [1.54, 1.807) is 0 Å². The number of epoxide rings is 1. The van der Waals surface area contributed by atoms with Gasteiger partial charge < -0.3 is 13.9 Å². The van der Waals surface area contributed by atoms with Crippen molar-refractivity contribution in [3.63, 3.8) is 0 Å². The van der Waals surface area contributed by atoms with Crippen LogP contribution in [0.3, 0.4) is 0 Å². The summed E-state index contributed by atoms with van der Waals surface area (Å²) in [5.74, 6) is 0. The van der Waals surface area contributed by atoms with Gasteiger partial charge in [0.25, 0.3) is 0 Å². The Labute approximate surface area is 93.2 Å². The molecule has 0 amide bonds. The van der Waals surface area contributed by atoms with E-state index < -0.39 is 8.32 Å². The smallest absolute Gasteiger partial charge is 0.193 e. The fourth-order valence-electron chi connectivity index (χ4n) is 2.29. The summed E-state index contributed by atoms with van der Waals surface area (Å²) < 4.78 is 17.0. The second-order valence-electron chi connectivity index (χ2n) is 4.93. The predicted molar refractivity (Wildman–Crippen MR) is 61.3 cm³/mol. The lowest BCUT2D eigenvalue weighted by Gasteiger charge is -2.36. The molecule has 2 aliphatic heterocycles. The molecule has 2 rings (SSSR count). The van der Waals surface area contributed by atoms with Crippen LogP contribution in [0.1, 0.15) is 26.2 Å². The highest BCUT2D eigenvalue weighted by Crippen LogP contribution is 2.30. The first-order chi connectivity index (χ1) is 7.22. The van der Waals surface area contributed by atoms with Gasteiger partial charge in [-0.15, -0.1) is 0 Å². The third-order valence-corrected chi connectivity index (χ3v) is 7.01. The van der Waals surface area contributed by atoms with E-state index in [1.165, 1.54) is 24.9 Å². The predicted octanol–water partition coefficient (Wildman–Crippen LogP) is 2.52. The van der Waals surface area contributed by atoms with Crippen LogP contribution in [0.15, 0.2) is 0 Å². The van der Waals surface area contributed by atoms with Crippen LogP contribution in [-0.2, 0) is 13.9 Å². The van der Waals surface area contributed by atoms with Crippen LogP contribution in [-0.4, -0.2) is 33.9 Å². The summed E-state index contributed by atoms with van der Waals surface area (Å²) >= 11 is 0. The van der Waals surface area contributed by atoms with Crippen molar-refractivity contribution in [2.75, 3.05) is 13.2 Å². The van der Waals surface area contributed by atoms with Gasteiger partial charge in [-0.25, -0.2) is 0 Å². The van der Waals surface area contributed by atoms with Crippen LogP contribution in [0.2, 0.25) is 18.6 Å². The second-order valence-corrected chi connectivity index (χ2v) is 9.06. The van der Waals surface area contributed by atoms with Crippen molar-refractivity contribution < 1.29 is 13.9 Å². The zero-order valence-corrected chi connectivity index (χ0v) is 10.8. The van der Waals surface area contributed by atoms with Crippen molar-refractivity contribution in [1.82, 2.24) is 0 Å². The SMILES string of the molecule is CCC[Si]1(C)CCCC(OCC2CO2)O1. The molecule has 0 aliphatic carbocycles. The molecule has 0 radical (unpaired) electrons. The molecule has 0 aromatic carbocycles. The summed E-state index contributed by atoms with van der Waals surface area (Å²) in [7, 11) is -1.42. The highest BCUT2D eigenvalue weighted by molar-refractivity contribution is 6.72. The van der Waals surface area contributed by atoms with E-state index in [0.29, 0.717) is 6.10 Å². The Kier molecular flexibility index (Phi) is 3.82. The molecule has 2 aliphatic rings. The molecule has 0 N–H and O–H groups in total. The standard InChI is InChI=1S/C11H22O3Si/c1-3-6-15(2)7-4-5-11(14-15)13-9-10-8-12-10/h10-11H,3-9H2,1-2H3. The van der Waals surface area contributed by atoms with Crippen LogP contribution >= 0.6 is 0 Å². The van der Waals surface area contributed by atoms with E-state index in [4.69, 9.17) is 13.9 Å². The Morgan fingerprint density at radius 1 is 1.47 bits per heavy atom. The lowest BCUT2D eigenvalue weighted by molar-refractivity contribution is -0.102. The Hall–Kier alpha value is 0.0969. The van der Waals surface area contributed by atoms with Crippen LogP contribution in [0.5, 0.6) is 0 Å². The van der Waals surface area contributed by atoms with Crippen molar-refractivity contribution in [2.24, 2.45) is 0 Å². The van der Waals surface area contributed by atoms with Gasteiger partial charge >= 0.3 is 0 Å². The zero-order chi connectivity index (χ0) is 10.7.